The highest BCUT2D eigenvalue weighted by Crippen LogP contribution is 2.06. The topological polar surface area (TPSA) is 77.2 Å². The molecular weight excluding hydrogens is 246 g/mol. The van der Waals surface area contributed by atoms with Gasteiger partial charge in [0.05, 0.1) is 26.0 Å². The predicted molar refractivity (Wildman–Crippen MR) is 67.4 cm³/mol. The molecule has 0 saturated heterocycles. The van der Waals surface area contributed by atoms with Crippen molar-refractivity contribution >= 4 is 5.97 Å². The molecule has 2 aromatic rings. The predicted octanol–water partition coefficient (Wildman–Crippen LogP) is 0.995. The van der Waals surface area contributed by atoms with Gasteiger partial charge in [0.15, 0.2) is 5.69 Å². The van der Waals surface area contributed by atoms with Gasteiger partial charge >= 0.3 is 5.97 Å². The van der Waals surface area contributed by atoms with Crippen molar-refractivity contribution in [1.29, 1.82) is 0 Å². The normalized spacial score (nSPS) is 10.4. The molecule has 0 amide bonds. The van der Waals surface area contributed by atoms with Crippen molar-refractivity contribution in [2.45, 2.75) is 20.1 Å². The number of carbonyl (C=O) groups is 1. The molecule has 0 atom stereocenters. The number of rotatable bonds is 5. The van der Waals surface area contributed by atoms with Crippen LogP contribution in [0.15, 0.2) is 30.5 Å². The average molecular weight is 261 g/mol. The molecule has 0 fully saturated rings. The monoisotopic (exact) mass is 261 g/mol. The second kappa shape index (κ2) is 6.10. The number of esters is 1. The SMILES string of the molecule is CCOC(=O)c1cn(Cc2ccc(CO)cc2)nn1. The number of hydrogen-bond donors (Lipinski definition) is 1. The van der Waals surface area contributed by atoms with Crippen LogP contribution in [0.2, 0.25) is 0 Å². The summed E-state index contributed by atoms with van der Waals surface area (Å²) in [6.07, 6.45) is 1.55. The minimum Gasteiger partial charge on any atom is -0.461 e. The van der Waals surface area contributed by atoms with E-state index in [0.29, 0.717) is 13.2 Å². The van der Waals surface area contributed by atoms with E-state index < -0.39 is 5.97 Å². The summed E-state index contributed by atoms with van der Waals surface area (Å²) in [6.45, 7) is 2.59. The summed E-state index contributed by atoms with van der Waals surface area (Å²) in [6, 6.07) is 7.49. The van der Waals surface area contributed by atoms with Crippen molar-refractivity contribution in [3.05, 3.63) is 47.3 Å². The fraction of sp³-hybridized carbons (Fsp3) is 0.308. The molecule has 1 aromatic carbocycles. The minimum absolute atomic E-state index is 0.0244. The molecule has 0 bridgehead atoms. The van der Waals surface area contributed by atoms with Crippen LogP contribution in [0.3, 0.4) is 0 Å². The van der Waals surface area contributed by atoms with Gasteiger partial charge in [-0.2, -0.15) is 0 Å². The molecule has 0 aliphatic rings. The molecule has 0 unspecified atom stereocenters. The van der Waals surface area contributed by atoms with Crippen molar-refractivity contribution < 1.29 is 14.6 Å². The lowest BCUT2D eigenvalue weighted by Gasteiger charge is -2.02. The van der Waals surface area contributed by atoms with Crippen LogP contribution in [-0.4, -0.2) is 32.7 Å². The summed E-state index contributed by atoms with van der Waals surface area (Å²) in [5.74, 6) is -0.468. The largest absolute Gasteiger partial charge is 0.461 e. The maximum atomic E-state index is 11.4. The van der Waals surface area contributed by atoms with E-state index in [1.165, 1.54) is 0 Å². The number of hydrogen-bond acceptors (Lipinski definition) is 5. The second-order valence-corrected chi connectivity index (χ2v) is 4.00. The lowest BCUT2D eigenvalue weighted by atomic mass is 10.1. The van der Waals surface area contributed by atoms with Gasteiger partial charge in [0.1, 0.15) is 0 Å². The van der Waals surface area contributed by atoms with Crippen molar-refractivity contribution in [2.24, 2.45) is 0 Å². The van der Waals surface area contributed by atoms with E-state index in [-0.39, 0.29) is 12.3 Å². The first-order valence-corrected chi connectivity index (χ1v) is 5.99. The number of aromatic nitrogens is 3. The van der Waals surface area contributed by atoms with Crippen LogP contribution in [0, 0.1) is 0 Å². The lowest BCUT2D eigenvalue weighted by molar-refractivity contribution is 0.0519. The summed E-state index contributed by atoms with van der Waals surface area (Å²) in [5.41, 5.74) is 2.07. The Hall–Kier alpha value is -2.21. The van der Waals surface area contributed by atoms with Gasteiger partial charge in [-0.3, -0.25) is 0 Å². The molecule has 6 nitrogen and oxygen atoms in total. The Morgan fingerprint density at radius 1 is 1.32 bits per heavy atom. The van der Waals surface area contributed by atoms with Crippen molar-refractivity contribution in [3.63, 3.8) is 0 Å². The third-order valence-electron chi connectivity index (χ3n) is 2.57. The molecule has 0 spiro atoms. The van der Waals surface area contributed by atoms with E-state index in [9.17, 15) is 4.79 Å². The van der Waals surface area contributed by atoms with Crippen molar-refractivity contribution in [2.75, 3.05) is 6.61 Å². The van der Waals surface area contributed by atoms with E-state index in [0.717, 1.165) is 11.1 Å². The van der Waals surface area contributed by atoms with Gasteiger partial charge < -0.3 is 9.84 Å². The van der Waals surface area contributed by atoms with Gasteiger partial charge in [-0.15, -0.1) is 5.10 Å². The molecule has 0 aliphatic carbocycles. The molecule has 0 aliphatic heterocycles. The van der Waals surface area contributed by atoms with Crippen LogP contribution < -0.4 is 0 Å². The van der Waals surface area contributed by atoms with Crippen molar-refractivity contribution in [3.8, 4) is 0 Å². The van der Waals surface area contributed by atoms with Gasteiger partial charge in [-0.05, 0) is 18.1 Å². The molecule has 19 heavy (non-hydrogen) atoms. The average Bonchev–Trinajstić information content (AvgIpc) is 2.88. The Morgan fingerprint density at radius 3 is 2.63 bits per heavy atom. The Bertz CT molecular complexity index is 549. The van der Waals surface area contributed by atoms with E-state index >= 15 is 0 Å². The van der Waals surface area contributed by atoms with E-state index in [2.05, 4.69) is 10.3 Å². The molecular formula is C13H15N3O3. The van der Waals surface area contributed by atoms with Crippen LogP contribution in [0.1, 0.15) is 28.5 Å². The van der Waals surface area contributed by atoms with Gasteiger partial charge in [0.2, 0.25) is 0 Å². The Balaban J connectivity index is 2.04. The summed E-state index contributed by atoms with van der Waals surface area (Å²) in [5, 5.41) is 16.6. The zero-order valence-electron chi connectivity index (χ0n) is 10.6. The van der Waals surface area contributed by atoms with E-state index in [1.54, 1.807) is 17.8 Å². The molecule has 1 N–H and O–H groups in total. The zero-order chi connectivity index (χ0) is 13.7. The van der Waals surface area contributed by atoms with Gasteiger partial charge in [-0.1, -0.05) is 29.5 Å². The minimum atomic E-state index is -0.468. The summed E-state index contributed by atoms with van der Waals surface area (Å²) in [7, 11) is 0. The zero-order valence-corrected chi connectivity index (χ0v) is 10.6. The van der Waals surface area contributed by atoms with Crippen LogP contribution in [-0.2, 0) is 17.9 Å². The highest BCUT2D eigenvalue weighted by molar-refractivity contribution is 5.86. The van der Waals surface area contributed by atoms with Gasteiger partial charge in [-0.25, -0.2) is 9.48 Å². The molecule has 100 valence electrons. The fourth-order valence-electron chi connectivity index (χ4n) is 1.61. The Kier molecular flexibility index (Phi) is 4.25. The van der Waals surface area contributed by atoms with Crippen LogP contribution in [0.5, 0.6) is 0 Å². The van der Waals surface area contributed by atoms with E-state index in [1.807, 2.05) is 24.3 Å². The van der Waals surface area contributed by atoms with Crippen LogP contribution in [0.25, 0.3) is 0 Å². The summed E-state index contributed by atoms with van der Waals surface area (Å²) >= 11 is 0. The van der Waals surface area contributed by atoms with Crippen LogP contribution in [0.4, 0.5) is 0 Å². The molecule has 0 radical (unpaired) electrons. The smallest absolute Gasteiger partial charge is 0.360 e. The molecule has 0 saturated carbocycles. The number of aliphatic hydroxyl groups is 1. The maximum Gasteiger partial charge on any atom is 0.360 e. The highest BCUT2D eigenvalue weighted by atomic mass is 16.5. The highest BCUT2D eigenvalue weighted by Gasteiger charge is 2.11. The number of aliphatic hydroxyl groups excluding tert-OH is 1. The first kappa shape index (κ1) is 13.2. The standard InChI is InChI=1S/C13H15N3O3/c1-2-19-13(18)12-8-16(15-14-12)7-10-3-5-11(9-17)6-4-10/h3-6,8,17H,2,7,9H2,1H3. The van der Waals surface area contributed by atoms with Gasteiger partial charge in [0.25, 0.3) is 0 Å². The number of benzene rings is 1. The molecule has 1 heterocycles. The first-order valence-electron chi connectivity index (χ1n) is 5.99. The van der Waals surface area contributed by atoms with Crippen LogP contribution >= 0.6 is 0 Å². The van der Waals surface area contributed by atoms with Crippen molar-refractivity contribution in [1.82, 2.24) is 15.0 Å². The summed E-state index contributed by atoms with van der Waals surface area (Å²) < 4.78 is 6.41. The third-order valence-corrected chi connectivity index (χ3v) is 2.57. The molecule has 1 aromatic heterocycles. The molecule has 2 rings (SSSR count). The summed E-state index contributed by atoms with van der Waals surface area (Å²) in [4.78, 5) is 11.4. The number of ether oxygens (including phenoxy) is 1. The Labute approximate surface area is 110 Å². The number of nitrogens with zero attached hydrogens (tertiary/aromatic N) is 3. The quantitative estimate of drug-likeness (QED) is 0.812. The Morgan fingerprint density at radius 2 is 2.00 bits per heavy atom. The third kappa shape index (κ3) is 3.38. The second-order valence-electron chi connectivity index (χ2n) is 4.00. The number of carbonyl (C=O) groups excluding carboxylic acids is 1. The maximum absolute atomic E-state index is 11.4. The van der Waals surface area contributed by atoms with E-state index in [4.69, 9.17) is 9.84 Å². The molecule has 6 heteroatoms. The van der Waals surface area contributed by atoms with Gasteiger partial charge in [0, 0.05) is 0 Å². The first-order chi connectivity index (χ1) is 9.22. The fourth-order valence-corrected chi connectivity index (χ4v) is 1.61. The lowest BCUT2D eigenvalue weighted by Crippen LogP contribution is -2.05.